The average molecular weight is 377 g/mol. The zero-order valence-electron chi connectivity index (χ0n) is 14.6. The minimum absolute atomic E-state index is 0. The molecule has 1 aliphatic rings. The molecule has 1 saturated heterocycles. The van der Waals surface area contributed by atoms with Crippen molar-refractivity contribution in [2.45, 2.75) is 6.42 Å². The second-order valence-electron chi connectivity index (χ2n) is 5.94. The van der Waals surface area contributed by atoms with Crippen molar-refractivity contribution in [3.63, 3.8) is 0 Å². The number of anilines is 1. The molecule has 1 aromatic carbocycles. The van der Waals surface area contributed by atoms with Crippen molar-refractivity contribution in [3.8, 4) is 0 Å². The molecule has 138 valence electrons. The Labute approximate surface area is 158 Å². The lowest BCUT2D eigenvalue weighted by Gasteiger charge is -2.28. The molecule has 1 fully saturated rings. The summed E-state index contributed by atoms with van der Waals surface area (Å²) in [4.78, 5) is 18.6. The van der Waals surface area contributed by atoms with Gasteiger partial charge in [0.05, 0.1) is 0 Å². The Balaban J connectivity index is 0.00000264. The first-order valence-electron chi connectivity index (χ1n) is 8.10. The van der Waals surface area contributed by atoms with Crippen LogP contribution in [0.15, 0.2) is 30.3 Å². The molecule has 1 heterocycles. The summed E-state index contributed by atoms with van der Waals surface area (Å²) in [5.41, 5.74) is 1.23. The van der Waals surface area contributed by atoms with E-state index in [2.05, 4.69) is 53.5 Å². The number of hydrogen-bond acceptors (Lipinski definition) is 4. The smallest absolute Gasteiger partial charge is 0.223 e. The predicted molar refractivity (Wildman–Crippen MR) is 106 cm³/mol. The van der Waals surface area contributed by atoms with E-state index in [9.17, 15) is 4.79 Å². The van der Waals surface area contributed by atoms with Crippen LogP contribution in [0.2, 0.25) is 0 Å². The van der Waals surface area contributed by atoms with E-state index in [4.69, 9.17) is 0 Å². The van der Waals surface area contributed by atoms with Gasteiger partial charge in [-0.1, -0.05) is 18.2 Å². The first-order valence-corrected chi connectivity index (χ1v) is 8.10. The predicted octanol–water partition coefficient (Wildman–Crippen LogP) is 1.72. The van der Waals surface area contributed by atoms with E-state index in [0.717, 1.165) is 45.8 Å². The highest BCUT2D eigenvalue weighted by Crippen LogP contribution is 2.10. The summed E-state index contributed by atoms with van der Waals surface area (Å²) in [5.74, 6) is 0.282. The third kappa shape index (κ3) is 7.71. The minimum atomic E-state index is 0. The summed E-state index contributed by atoms with van der Waals surface area (Å²) in [6.45, 7) is 6.28. The summed E-state index contributed by atoms with van der Waals surface area (Å²) < 4.78 is 0. The number of rotatable bonds is 7. The summed E-state index contributed by atoms with van der Waals surface area (Å²) in [7, 11) is 4.19. The molecule has 1 N–H and O–H groups in total. The van der Waals surface area contributed by atoms with Crippen molar-refractivity contribution >= 4 is 36.4 Å². The second kappa shape index (κ2) is 12.4. The Morgan fingerprint density at radius 3 is 2.29 bits per heavy atom. The molecule has 0 radical (unpaired) electrons. The van der Waals surface area contributed by atoms with E-state index >= 15 is 0 Å². The summed E-state index contributed by atoms with van der Waals surface area (Å²) >= 11 is 0. The van der Waals surface area contributed by atoms with Crippen LogP contribution in [0.5, 0.6) is 0 Å². The van der Waals surface area contributed by atoms with Gasteiger partial charge in [0.15, 0.2) is 0 Å². The van der Waals surface area contributed by atoms with Crippen molar-refractivity contribution in [2.24, 2.45) is 0 Å². The number of amides is 1. The van der Waals surface area contributed by atoms with Crippen LogP contribution in [0.3, 0.4) is 0 Å². The Hall–Kier alpha value is -1.01. The third-order valence-corrected chi connectivity index (χ3v) is 4.19. The number of carbonyl (C=O) groups excluding carboxylic acids is 1. The Bertz CT molecular complexity index is 455. The fourth-order valence-electron chi connectivity index (χ4n) is 2.60. The van der Waals surface area contributed by atoms with Crippen molar-refractivity contribution in [1.29, 1.82) is 0 Å². The fourth-order valence-corrected chi connectivity index (χ4v) is 2.60. The highest BCUT2D eigenvalue weighted by atomic mass is 35.5. The second-order valence-corrected chi connectivity index (χ2v) is 5.94. The van der Waals surface area contributed by atoms with Gasteiger partial charge in [0.1, 0.15) is 0 Å². The zero-order chi connectivity index (χ0) is 15.8. The lowest BCUT2D eigenvalue weighted by Crippen LogP contribution is -2.47. The topological polar surface area (TPSA) is 38.8 Å². The van der Waals surface area contributed by atoms with Gasteiger partial charge in [-0.3, -0.25) is 4.79 Å². The van der Waals surface area contributed by atoms with Crippen LogP contribution >= 0.6 is 24.8 Å². The molecular weight excluding hydrogens is 347 g/mol. The van der Waals surface area contributed by atoms with Crippen LogP contribution in [-0.4, -0.2) is 75.6 Å². The van der Waals surface area contributed by atoms with E-state index in [1.54, 1.807) is 0 Å². The van der Waals surface area contributed by atoms with Gasteiger partial charge in [-0.05, 0) is 19.2 Å². The molecule has 1 aromatic rings. The van der Waals surface area contributed by atoms with Crippen molar-refractivity contribution in [3.05, 3.63) is 30.3 Å². The van der Waals surface area contributed by atoms with Crippen LogP contribution < -0.4 is 10.2 Å². The lowest BCUT2D eigenvalue weighted by molar-refractivity contribution is -0.132. The molecule has 2 rings (SSSR count). The van der Waals surface area contributed by atoms with Crippen molar-refractivity contribution in [1.82, 2.24) is 15.1 Å². The van der Waals surface area contributed by atoms with Crippen LogP contribution in [0, 0.1) is 0 Å². The van der Waals surface area contributed by atoms with Crippen LogP contribution in [0.25, 0.3) is 0 Å². The quantitative estimate of drug-likeness (QED) is 0.786. The summed E-state index contributed by atoms with van der Waals surface area (Å²) in [6.07, 6.45) is 0.617. The van der Waals surface area contributed by atoms with Gasteiger partial charge in [-0.25, -0.2) is 0 Å². The van der Waals surface area contributed by atoms with Gasteiger partial charge < -0.3 is 20.0 Å². The largest absolute Gasteiger partial charge is 0.373 e. The first-order chi connectivity index (χ1) is 10.7. The maximum absolute atomic E-state index is 12.1. The third-order valence-electron chi connectivity index (χ3n) is 4.19. The number of hydrogen-bond donors (Lipinski definition) is 1. The number of halogens is 2. The monoisotopic (exact) mass is 376 g/mol. The molecular formula is C17H30Cl2N4O. The molecule has 0 unspecified atom stereocenters. The fraction of sp³-hybridized carbons (Fsp3) is 0.588. The van der Waals surface area contributed by atoms with E-state index in [-0.39, 0.29) is 30.7 Å². The highest BCUT2D eigenvalue weighted by molar-refractivity contribution is 5.85. The van der Waals surface area contributed by atoms with Crippen molar-refractivity contribution in [2.75, 3.05) is 64.8 Å². The van der Waals surface area contributed by atoms with Gasteiger partial charge in [-0.2, -0.15) is 0 Å². The van der Waals surface area contributed by atoms with Crippen LogP contribution in [0.1, 0.15) is 6.42 Å². The first kappa shape index (κ1) is 23.0. The van der Waals surface area contributed by atoms with Crippen LogP contribution in [0.4, 0.5) is 5.69 Å². The molecule has 0 aromatic heterocycles. The number of likely N-dealkylation sites (N-methyl/N-ethyl adjacent to an activating group) is 2. The number of carbonyl (C=O) groups is 1. The molecule has 1 aliphatic heterocycles. The van der Waals surface area contributed by atoms with E-state index in [1.165, 1.54) is 5.69 Å². The highest BCUT2D eigenvalue weighted by Gasteiger charge is 2.16. The van der Waals surface area contributed by atoms with E-state index in [0.29, 0.717) is 6.42 Å². The average Bonchev–Trinajstić information content (AvgIpc) is 2.59. The molecule has 5 nitrogen and oxygen atoms in total. The molecule has 0 atom stereocenters. The lowest BCUT2D eigenvalue weighted by atomic mass is 10.3. The number of para-hydroxylation sites is 1. The summed E-state index contributed by atoms with van der Waals surface area (Å²) in [6, 6.07) is 10.4. The molecule has 0 spiro atoms. The maximum Gasteiger partial charge on any atom is 0.223 e. The molecule has 24 heavy (non-hydrogen) atoms. The molecule has 7 heteroatoms. The molecule has 0 aliphatic carbocycles. The maximum atomic E-state index is 12.1. The molecule has 0 bridgehead atoms. The van der Waals surface area contributed by atoms with Gasteiger partial charge in [0.25, 0.3) is 0 Å². The Morgan fingerprint density at radius 2 is 1.67 bits per heavy atom. The Kier molecular flexibility index (Phi) is 11.8. The van der Waals surface area contributed by atoms with Gasteiger partial charge in [0.2, 0.25) is 5.91 Å². The van der Waals surface area contributed by atoms with Gasteiger partial charge in [-0.15, -0.1) is 24.8 Å². The molecule has 0 saturated carbocycles. The van der Waals surface area contributed by atoms with E-state index < -0.39 is 0 Å². The van der Waals surface area contributed by atoms with E-state index in [1.807, 2.05) is 11.0 Å². The normalized spacial score (nSPS) is 13.9. The van der Waals surface area contributed by atoms with Gasteiger partial charge >= 0.3 is 0 Å². The Morgan fingerprint density at radius 1 is 1.04 bits per heavy atom. The number of benzene rings is 1. The number of nitrogens with one attached hydrogen (secondary N) is 1. The number of piperazine rings is 1. The SMILES string of the molecule is CN(CCC(=O)N1CCNCC1)CCN(C)c1ccccc1.Cl.Cl. The standard InChI is InChI=1S/C17H28N4O.2ClH/c1-19(11-8-17(22)21-12-9-18-10-13-21)14-15-20(2)16-6-4-3-5-7-16;;/h3-7,18H,8-15H2,1-2H3;2*1H. The van der Waals surface area contributed by atoms with Crippen molar-refractivity contribution < 1.29 is 4.79 Å². The summed E-state index contributed by atoms with van der Waals surface area (Å²) in [5, 5.41) is 3.27. The van der Waals surface area contributed by atoms with Crippen LogP contribution in [-0.2, 0) is 4.79 Å². The van der Waals surface area contributed by atoms with Gasteiger partial charge in [0, 0.05) is 65.0 Å². The molecule has 1 amide bonds. The zero-order valence-corrected chi connectivity index (χ0v) is 16.2. The minimum Gasteiger partial charge on any atom is -0.373 e. The number of nitrogens with zero attached hydrogens (tertiary/aromatic N) is 3.